The molecule has 0 bridgehead atoms. The number of hydrogen-bond acceptors (Lipinski definition) is 6. The highest BCUT2D eigenvalue weighted by Gasteiger charge is 2.25. The van der Waals surface area contributed by atoms with Gasteiger partial charge in [-0.25, -0.2) is 21.1 Å². The Morgan fingerprint density at radius 2 is 1.61 bits per heavy atom. The summed E-state index contributed by atoms with van der Waals surface area (Å²) in [5, 5.41) is 2.85. The minimum absolute atomic E-state index is 0.0427. The molecule has 3 rings (SSSR count). The summed E-state index contributed by atoms with van der Waals surface area (Å²) in [6, 6.07) is 12.3. The lowest BCUT2D eigenvalue weighted by Crippen LogP contribution is -2.41. The van der Waals surface area contributed by atoms with Crippen LogP contribution in [-0.2, 0) is 20.0 Å². The van der Waals surface area contributed by atoms with Crippen molar-refractivity contribution in [2.24, 2.45) is 5.92 Å². The van der Waals surface area contributed by atoms with Crippen LogP contribution in [0.25, 0.3) is 0 Å². The maximum atomic E-state index is 12.6. The van der Waals surface area contributed by atoms with Crippen molar-refractivity contribution in [3.63, 3.8) is 0 Å². The van der Waals surface area contributed by atoms with E-state index in [4.69, 9.17) is 4.74 Å². The molecular formula is C22H29N3O6S2. The van der Waals surface area contributed by atoms with Crippen molar-refractivity contribution >= 4 is 31.6 Å². The molecule has 1 heterocycles. The number of amides is 1. The fourth-order valence-corrected chi connectivity index (χ4v) is 5.50. The third-order valence-electron chi connectivity index (χ3n) is 5.44. The van der Waals surface area contributed by atoms with Gasteiger partial charge in [0.25, 0.3) is 15.9 Å². The molecule has 0 aliphatic carbocycles. The summed E-state index contributed by atoms with van der Waals surface area (Å²) in [4.78, 5) is 12.5. The lowest BCUT2D eigenvalue weighted by Gasteiger charge is -2.30. The second-order valence-corrected chi connectivity index (χ2v) is 11.6. The van der Waals surface area contributed by atoms with E-state index >= 15 is 0 Å². The van der Waals surface area contributed by atoms with E-state index in [0.29, 0.717) is 56.1 Å². The summed E-state index contributed by atoms with van der Waals surface area (Å²) in [6.45, 7) is 3.73. The smallest absolute Gasteiger partial charge is 0.261 e. The predicted molar refractivity (Wildman–Crippen MR) is 126 cm³/mol. The second kappa shape index (κ2) is 10.5. The van der Waals surface area contributed by atoms with Gasteiger partial charge in [0.05, 0.1) is 17.8 Å². The molecule has 1 fully saturated rings. The number of ether oxygens (including phenoxy) is 1. The molecule has 1 amide bonds. The van der Waals surface area contributed by atoms with Gasteiger partial charge >= 0.3 is 0 Å². The zero-order valence-electron chi connectivity index (χ0n) is 18.7. The van der Waals surface area contributed by atoms with Crippen molar-refractivity contribution in [1.29, 1.82) is 0 Å². The van der Waals surface area contributed by atoms with Crippen LogP contribution in [0, 0.1) is 5.92 Å². The van der Waals surface area contributed by atoms with Crippen molar-refractivity contribution in [3.8, 4) is 5.75 Å². The molecule has 1 aliphatic rings. The highest BCUT2D eigenvalue weighted by atomic mass is 32.2. The van der Waals surface area contributed by atoms with Gasteiger partial charge in [-0.15, -0.1) is 0 Å². The van der Waals surface area contributed by atoms with Crippen LogP contribution in [0.15, 0.2) is 53.4 Å². The Hall–Kier alpha value is -2.63. The largest absolute Gasteiger partial charge is 0.494 e. The monoisotopic (exact) mass is 495 g/mol. The number of nitrogens with one attached hydrogen (secondary N) is 2. The average Bonchev–Trinajstić information content (AvgIpc) is 2.78. The molecule has 2 aromatic carbocycles. The van der Waals surface area contributed by atoms with Gasteiger partial charge in [-0.2, -0.15) is 0 Å². The van der Waals surface area contributed by atoms with Crippen LogP contribution in [0.3, 0.4) is 0 Å². The van der Waals surface area contributed by atoms with Crippen LogP contribution < -0.4 is 14.8 Å². The number of benzene rings is 2. The highest BCUT2D eigenvalue weighted by molar-refractivity contribution is 7.92. The predicted octanol–water partition coefficient (Wildman–Crippen LogP) is 2.29. The summed E-state index contributed by atoms with van der Waals surface area (Å²) < 4.78 is 57.7. The van der Waals surface area contributed by atoms with Crippen LogP contribution >= 0.6 is 0 Å². The third-order valence-corrected chi connectivity index (χ3v) is 8.14. The van der Waals surface area contributed by atoms with Crippen molar-refractivity contribution in [3.05, 3.63) is 54.1 Å². The molecule has 0 aromatic heterocycles. The molecule has 0 atom stereocenters. The van der Waals surface area contributed by atoms with Crippen molar-refractivity contribution in [2.75, 3.05) is 37.2 Å². The summed E-state index contributed by atoms with van der Waals surface area (Å²) in [5.74, 6) is 0.547. The van der Waals surface area contributed by atoms with Gasteiger partial charge in [0.1, 0.15) is 5.75 Å². The lowest BCUT2D eigenvalue weighted by molar-refractivity contribution is 0.0941. The second-order valence-electron chi connectivity index (χ2n) is 7.90. The number of piperidine rings is 1. The van der Waals surface area contributed by atoms with E-state index in [1.54, 1.807) is 24.3 Å². The number of rotatable bonds is 9. The fourth-order valence-electron chi connectivity index (χ4n) is 3.57. The first-order valence-corrected chi connectivity index (χ1v) is 14.0. The maximum absolute atomic E-state index is 12.6. The number of hydrogen-bond donors (Lipinski definition) is 2. The minimum atomic E-state index is -3.80. The van der Waals surface area contributed by atoms with Gasteiger partial charge < -0.3 is 10.1 Å². The van der Waals surface area contributed by atoms with Crippen LogP contribution in [0.1, 0.15) is 30.1 Å². The first-order valence-electron chi connectivity index (χ1n) is 10.7. The fraction of sp³-hybridized carbons (Fsp3) is 0.409. The Morgan fingerprint density at radius 3 is 2.15 bits per heavy atom. The van der Waals surface area contributed by atoms with E-state index < -0.39 is 20.0 Å². The average molecular weight is 496 g/mol. The van der Waals surface area contributed by atoms with Crippen LogP contribution in [0.4, 0.5) is 5.69 Å². The molecule has 33 heavy (non-hydrogen) atoms. The van der Waals surface area contributed by atoms with E-state index in [9.17, 15) is 21.6 Å². The molecule has 0 radical (unpaired) electrons. The van der Waals surface area contributed by atoms with Crippen molar-refractivity contribution in [1.82, 2.24) is 9.62 Å². The Morgan fingerprint density at radius 1 is 1.00 bits per heavy atom. The molecule has 0 unspecified atom stereocenters. The zero-order valence-corrected chi connectivity index (χ0v) is 20.3. The van der Waals surface area contributed by atoms with Gasteiger partial charge in [-0.1, -0.05) is 0 Å². The standard InChI is InChI=1S/C22H29N3O6S2/c1-3-31-20-8-6-19(7-9-20)24-33(29,30)21-10-4-18(5-11-21)22(26)23-16-17-12-14-25(15-13-17)32(2,27)28/h4-11,17,24H,3,12-16H2,1-2H3,(H,23,26). The van der Waals surface area contributed by atoms with Crippen LogP contribution in [0.5, 0.6) is 5.75 Å². The van der Waals surface area contributed by atoms with E-state index in [1.165, 1.54) is 34.8 Å². The van der Waals surface area contributed by atoms with E-state index in [2.05, 4.69) is 10.0 Å². The molecule has 1 saturated heterocycles. The quantitative estimate of drug-likeness (QED) is 0.550. The van der Waals surface area contributed by atoms with Gasteiger partial charge in [0.15, 0.2) is 0 Å². The molecular weight excluding hydrogens is 466 g/mol. The minimum Gasteiger partial charge on any atom is -0.494 e. The van der Waals surface area contributed by atoms with E-state index in [0.717, 1.165) is 0 Å². The lowest BCUT2D eigenvalue weighted by atomic mass is 9.98. The van der Waals surface area contributed by atoms with E-state index in [-0.39, 0.29) is 16.7 Å². The summed E-state index contributed by atoms with van der Waals surface area (Å²) in [7, 11) is -6.98. The first kappa shape index (κ1) is 25.0. The Kier molecular flexibility index (Phi) is 7.98. The SMILES string of the molecule is CCOc1ccc(NS(=O)(=O)c2ccc(C(=O)NCC3CCN(S(C)(=O)=O)CC3)cc2)cc1. The van der Waals surface area contributed by atoms with Gasteiger partial charge in [-0.3, -0.25) is 9.52 Å². The van der Waals surface area contributed by atoms with Crippen LogP contribution in [-0.4, -0.2) is 59.5 Å². The normalized spacial score (nSPS) is 15.7. The molecule has 9 nitrogen and oxygen atoms in total. The van der Waals surface area contributed by atoms with Gasteiger partial charge in [-0.05, 0) is 74.2 Å². The number of carbonyl (C=O) groups is 1. The topological polar surface area (TPSA) is 122 Å². The molecule has 0 saturated carbocycles. The molecule has 2 N–H and O–H groups in total. The molecule has 11 heteroatoms. The summed E-state index contributed by atoms with van der Waals surface area (Å²) in [5.41, 5.74) is 0.755. The third kappa shape index (κ3) is 6.92. The number of nitrogens with zero attached hydrogens (tertiary/aromatic N) is 1. The number of anilines is 1. The molecule has 2 aromatic rings. The van der Waals surface area contributed by atoms with Crippen molar-refractivity contribution in [2.45, 2.75) is 24.7 Å². The Balaban J connectivity index is 1.54. The van der Waals surface area contributed by atoms with Crippen molar-refractivity contribution < 1.29 is 26.4 Å². The van der Waals surface area contributed by atoms with Gasteiger partial charge in [0, 0.05) is 30.9 Å². The van der Waals surface area contributed by atoms with Gasteiger partial charge in [0.2, 0.25) is 10.0 Å². The summed E-state index contributed by atoms with van der Waals surface area (Å²) >= 11 is 0. The summed E-state index contributed by atoms with van der Waals surface area (Å²) in [6.07, 6.45) is 2.57. The number of sulfonamides is 2. The molecule has 1 aliphatic heterocycles. The number of carbonyl (C=O) groups excluding carboxylic acids is 1. The Labute approximate surface area is 195 Å². The van der Waals surface area contributed by atoms with Crippen LogP contribution in [0.2, 0.25) is 0 Å². The first-order chi connectivity index (χ1) is 15.6. The highest BCUT2D eigenvalue weighted by Crippen LogP contribution is 2.21. The van der Waals surface area contributed by atoms with E-state index in [1.807, 2.05) is 6.92 Å². The maximum Gasteiger partial charge on any atom is 0.261 e. The molecule has 180 valence electrons. The molecule has 0 spiro atoms. The zero-order chi connectivity index (χ0) is 24.1. The Bertz CT molecular complexity index is 1160.